The molecule has 1 aromatic heterocycles. The van der Waals surface area contributed by atoms with Gasteiger partial charge in [0.2, 0.25) is 0 Å². The fourth-order valence-electron chi connectivity index (χ4n) is 1.88. The van der Waals surface area contributed by atoms with Gasteiger partial charge in [-0.15, -0.1) is 0 Å². The zero-order chi connectivity index (χ0) is 9.10. The fourth-order valence-corrected chi connectivity index (χ4v) is 1.88. The maximum atomic E-state index is 5.39. The highest BCUT2D eigenvalue weighted by atomic mass is 16.3. The van der Waals surface area contributed by atoms with Gasteiger partial charge in [0, 0.05) is 0 Å². The third kappa shape index (κ3) is 2.24. The van der Waals surface area contributed by atoms with Gasteiger partial charge in [0.1, 0.15) is 5.76 Å². The molecule has 0 aromatic carbocycles. The summed E-state index contributed by atoms with van der Waals surface area (Å²) in [4.78, 5) is 0. The summed E-state index contributed by atoms with van der Waals surface area (Å²) < 4.78 is 5.39. The van der Waals surface area contributed by atoms with E-state index in [0.29, 0.717) is 0 Å². The number of furan rings is 1. The highest BCUT2D eigenvalue weighted by Gasteiger charge is 2.05. The van der Waals surface area contributed by atoms with E-state index in [2.05, 4.69) is 19.1 Å². The molecular weight excluding hydrogens is 160 g/mol. The molecule has 1 aromatic rings. The van der Waals surface area contributed by atoms with E-state index in [0.717, 1.165) is 5.76 Å². The van der Waals surface area contributed by atoms with Crippen molar-refractivity contribution in [2.45, 2.75) is 39.0 Å². The topological polar surface area (TPSA) is 13.1 Å². The molecule has 0 saturated heterocycles. The van der Waals surface area contributed by atoms with Crippen LogP contribution < -0.4 is 0 Å². The SMILES string of the molecule is Cc1coc(C=C2CCCCC2)c1. The van der Waals surface area contributed by atoms with Crippen molar-refractivity contribution < 1.29 is 4.42 Å². The lowest BCUT2D eigenvalue weighted by molar-refractivity contribution is 0.551. The summed E-state index contributed by atoms with van der Waals surface area (Å²) in [6.45, 7) is 2.06. The average molecular weight is 176 g/mol. The lowest BCUT2D eigenvalue weighted by Gasteiger charge is -2.12. The Kier molecular flexibility index (Phi) is 2.53. The third-order valence-corrected chi connectivity index (χ3v) is 2.59. The average Bonchev–Trinajstić information content (AvgIpc) is 2.53. The van der Waals surface area contributed by atoms with Crippen LogP contribution in [0.2, 0.25) is 0 Å². The number of aryl methyl sites for hydroxylation is 1. The molecule has 0 unspecified atom stereocenters. The van der Waals surface area contributed by atoms with E-state index in [1.165, 1.54) is 37.7 Å². The Bertz CT molecular complexity index is 299. The Morgan fingerprint density at radius 3 is 2.62 bits per heavy atom. The third-order valence-electron chi connectivity index (χ3n) is 2.59. The van der Waals surface area contributed by atoms with Crippen LogP contribution in [0, 0.1) is 6.92 Å². The number of hydrogen-bond acceptors (Lipinski definition) is 1. The predicted octanol–water partition coefficient (Wildman–Crippen LogP) is 3.94. The molecule has 1 heterocycles. The van der Waals surface area contributed by atoms with Crippen LogP contribution in [0.15, 0.2) is 22.3 Å². The molecule has 1 fully saturated rings. The van der Waals surface area contributed by atoms with Crippen LogP contribution in [0.1, 0.15) is 43.4 Å². The first-order valence-electron chi connectivity index (χ1n) is 5.09. The van der Waals surface area contributed by atoms with Crippen molar-refractivity contribution in [3.05, 3.63) is 29.2 Å². The molecule has 0 amide bonds. The van der Waals surface area contributed by atoms with Crippen molar-refractivity contribution >= 4 is 6.08 Å². The van der Waals surface area contributed by atoms with Gasteiger partial charge in [0.25, 0.3) is 0 Å². The minimum absolute atomic E-state index is 1.02. The van der Waals surface area contributed by atoms with Gasteiger partial charge in [-0.05, 0) is 50.3 Å². The normalized spacial score (nSPS) is 17.5. The second kappa shape index (κ2) is 3.82. The number of hydrogen-bond donors (Lipinski definition) is 0. The summed E-state index contributed by atoms with van der Waals surface area (Å²) >= 11 is 0. The Balaban J connectivity index is 2.09. The van der Waals surface area contributed by atoms with E-state index in [9.17, 15) is 0 Å². The van der Waals surface area contributed by atoms with Crippen LogP contribution in [-0.2, 0) is 0 Å². The molecule has 0 aliphatic heterocycles. The molecule has 0 bridgehead atoms. The minimum atomic E-state index is 1.02. The van der Waals surface area contributed by atoms with Crippen molar-refractivity contribution in [1.82, 2.24) is 0 Å². The van der Waals surface area contributed by atoms with E-state index >= 15 is 0 Å². The molecule has 1 heteroatoms. The first kappa shape index (κ1) is 8.61. The van der Waals surface area contributed by atoms with Crippen molar-refractivity contribution in [3.8, 4) is 0 Å². The Morgan fingerprint density at radius 1 is 1.23 bits per heavy atom. The molecule has 1 saturated carbocycles. The molecule has 0 N–H and O–H groups in total. The van der Waals surface area contributed by atoms with Crippen LogP contribution in [0.3, 0.4) is 0 Å². The maximum Gasteiger partial charge on any atom is 0.126 e. The molecule has 13 heavy (non-hydrogen) atoms. The van der Waals surface area contributed by atoms with E-state index < -0.39 is 0 Å². The highest BCUT2D eigenvalue weighted by Crippen LogP contribution is 2.25. The first-order chi connectivity index (χ1) is 6.34. The van der Waals surface area contributed by atoms with Crippen molar-refractivity contribution in [2.24, 2.45) is 0 Å². The largest absolute Gasteiger partial charge is 0.465 e. The van der Waals surface area contributed by atoms with Gasteiger partial charge in [0.05, 0.1) is 6.26 Å². The zero-order valence-corrected chi connectivity index (χ0v) is 8.18. The van der Waals surface area contributed by atoms with Gasteiger partial charge in [0.15, 0.2) is 0 Å². The molecule has 0 spiro atoms. The molecule has 1 aliphatic carbocycles. The van der Waals surface area contributed by atoms with E-state index in [4.69, 9.17) is 4.42 Å². The monoisotopic (exact) mass is 176 g/mol. The number of rotatable bonds is 1. The smallest absolute Gasteiger partial charge is 0.126 e. The van der Waals surface area contributed by atoms with E-state index in [1.807, 2.05) is 6.26 Å². The lowest BCUT2D eigenvalue weighted by atomic mass is 9.94. The van der Waals surface area contributed by atoms with Crippen molar-refractivity contribution in [1.29, 1.82) is 0 Å². The maximum absolute atomic E-state index is 5.39. The van der Waals surface area contributed by atoms with Gasteiger partial charge in [-0.3, -0.25) is 0 Å². The minimum Gasteiger partial charge on any atom is -0.465 e. The van der Waals surface area contributed by atoms with E-state index in [-0.39, 0.29) is 0 Å². The molecule has 0 atom stereocenters. The van der Waals surface area contributed by atoms with Gasteiger partial charge < -0.3 is 4.42 Å². The quantitative estimate of drug-likeness (QED) is 0.631. The van der Waals surface area contributed by atoms with Crippen LogP contribution >= 0.6 is 0 Å². The Hall–Kier alpha value is -0.980. The standard InChI is InChI=1S/C12H16O/c1-10-7-12(13-9-10)8-11-5-3-2-4-6-11/h7-9H,2-6H2,1H3. The fraction of sp³-hybridized carbons (Fsp3) is 0.500. The van der Waals surface area contributed by atoms with Gasteiger partial charge >= 0.3 is 0 Å². The van der Waals surface area contributed by atoms with Crippen LogP contribution in [0.5, 0.6) is 0 Å². The first-order valence-corrected chi connectivity index (χ1v) is 5.09. The molecule has 2 rings (SSSR count). The van der Waals surface area contributed by atoms with Gasteiger partial charge in [-0.2, -0.15) is 0 Å². The predicted molar refractivity (Wildman–Crippen MR) is 54.5 cm³/mol. The molecule has 1 aliphatic rings. The van der Waals surface area contributed by atoms with Crippen LogP contribution in [-0.4, -0.2) is 0 Å². The lowest BCUT2D eigenvalue weighted by Crippen LogP contribution is -1.92. The molecular formula is C12H16O. The summed E-state index contributed by atoms with van der Waals surface area (Å²) in [5.74, 6) is 1.02. The zero-order valence-electron chi connectivity index (χ0n) is 8.18. The number of allylic oxidation sites excluding steroid dienone is 1. The molecule has 0 radical (unpaired) electrons. The van der Waals surface area contributed by atoms with Crippen molar-refractivity contribution in [2.75, 3.05) is 0 Å². The molecule has 70 valence electrons. The summed E-state index contributed by atoms with van der Waals surface area (Å²) in [5, 5.41) is 0. The Morgan fingerprint density at radius 2 is 2.00 bits per heavy atom. The summed E-state index contributed by atoms with van der Waals surface area (Å²) in [6.07, 6.45) is 10.7. The summed E-state index contributed by atoms with van der Waals surface area (Å²) in [7, 11) is 0. The van der Waals surface area contributed by atoms with Gasteiger partial charge in [-0.25, -0.2) is 0 Å². The van der Waals surface area contributed by atoms with Crippen LogP contribution in [0.25, 0.3) is 6.08 Å². The summed E-state index contributed by atoms with van der Waals surface area (Å²) in [6, 6.07) is 2.10. The van der Waals surface area contributed by atoms with E-state index in [1.54, 1.807) is 5.57 Å². The second-order valence-electron chi connectivity index (χ2n) is 3.89. The molecule has 1 nitrogen and oxygen atoms in total. The summed E-state index contributed by atoms with van der Waals surface area (Å²) in [5.41, 5.74) is 2.77. The van der Waals surface area contributed by atoms with Crippen molar-refractivity contribution in [3.63, 3.8) is 0 Å². The highest BCUT2D eigenvalue weighted by molar-refractivity contribution is 5.48. The Labute approximate surface area is 79.4 Å². The van der Waals surface area contributed by atoms with Crippen LogP contribution in [0.4, 0.5) is 0 Å². The van der Waals surface area contributed by atoms with Gasteiger partial charge in [-0.1, -0.05) is 12.0 Å². The second-order valence-corrected chi connectivity index (χ2v) is 3.89.